The van der Waals surface area contributed by atoms with E-state index in [2.05, 4.69) is 26.1 Å². The lowest BCUT2D eigenvalue weighted by Gasteiger charge is -2.19. The van der Waals surface area contributed by atoms with E-state index in [4.69, 9.17) is 0 Å². The summed E-state index contributed by atoms with van der Waals surface area (Å²) in [7, 11) is 0. The highest BCUT2D eigenvalue weighted by atomic mass is 16.3. The van der Waals surface area contributed by atoms with Crippen molar-refractivity contribution < 1.29 is 9.90 Å². The molecule has 76 valence electrons. The van der Waals surface area contributed by atoms with E-state index in [1.54, 1.807) is 0 Å². The van der Waals surface area contributed by atoms with E-state index in [0.717, 1.165) is 0 Å². The Kier molecular flexibility index (Phi) is 3.09. The van der Waals surface area contributed by atoms with E-state index < -0.39 is 0 Å². The molecular weight excluding hydrogens is 166 g/mol. The molecule has 2 N–H and O–H groups in total. The van der Waals surface area contributed by atoms with Crippen molar-refractivity contribution in [2.45, 2.75) is 45.8 Å². The van der Waals surface area contributed by atoms with Crippen molar-refractivity contribution in [3.8, 4) is 0 Å². The van der Waals surface area contributed by atoms with Crippen LogP contribution in [0.15, 0.2) is 0 Å². The Bertz CT molecular complexity index is 196. The first-order valence-corrected chi connectivity index (χ1v) is 4.83. The van der Waals surface area contributed by atoms with Crippen LogP contribution in [0.4, 0.5) is 0 Å². The number of carbonyl (C=O) groups is 1. The third-order valence-corrected chi connectivity index (χ3v) is 2.20. The summed E-state index contributed by atoms with van der Waals surface area (Å²) in [5, 5.41) is 12.3. The lowest BCUT2D eigenvalue weighted by molar-refractivity contribution is -0.122. The normalized spacial score (nSPS) is 29.2. The molecule has 1 saturated heterocycles. The number of carbonyl (C=O) groups excluding carboxylic acids is 1. The highest BCUT2D eigenvalue weighted by Crippen LogP contribution is 2.21. The maximum atomic E-state index is 11.6. The number of nitrogens with one attached hydrogen (secondary N) is 1. The van der Waals surface area contributed by atoms with E-state index in [1.807, 2.05) is 0 Å². The zero-order chi connectivity index (χ0) is 10.1. The third kappa shape index (κ3) is 3.44. The summed E-state index contributed by atoms with van der Waals surface area (Å²) >= 11 is 0. The van der Waals surface area contributed by atoms with Gasteiger partial charge in [-0.3, -0.25) is 4.79 Å². The van der Waals surface area contributed by atoms with Crippen LogP contribution in [0.5, 0.6) is 0 Å². The van der Waals surface area contributed by atoms with E-state index in [-0.39, 0.29) is 23.3 Å². The van der Waals surface area contributed by atoms with E-state index in [9.17, 15) is 9.90 Å². The lowest BCUT2D eigenvalue weighted by Crippen LogP contribution is -2.33. The number of ketones is 1. The van der Waals surface area contributed by atoms with Crippen LogP contribution in [0, 0.1) is 5.41 Å². The fraction of sp³-hybridized carbons (Fsp3) is 0.900. The summed E-state index contributed by atoms with van der Waals surface area (Å²) in [5.41, 5.74) is 0.0479. The first-order valence-electron chi connectivity index (χ1n) is 4.83. The molecule has 1 aliphatic heterocycles. The molecule has 1 rings (SSSR count). The lowest BCUT2D eigenvalue weighted by atomic mass is 9.87. The summed E-state index contributed by atoms with van der Waals surface area (Å²) in [6, 6.07) is -0.116. The summed E-state index contributed by atoms with van der Waals surface area (Å²) < 4.78 is 0. The molecule has 3 heteroatoms. The van der Waals surface area contributed by atoms with Crippen molar-refractivity contribution in [1.29, 1.82) is 0 Å². The molecule has 0 bridgehead atoms. The summed E-state index contributed by atoms with van der Waals surface area (Å²) in [4.78, 5) is 11.6. The Morgan fingerprint density at radius 2 is 2.15 bits per heavy atom. The minimum Gasteiger partial charge on any atom is -0.392 e. The van der Waals surface area contributed by atoms with Crippen molar-refractivity contribution in [2.75, 3.05) is 6.54 Å². The quantitative estimate of drug-likeness (QED) is 0.666. The first kappa shape index (κ1) is 10.7. The van der Waals surface area contributed by atoms with Crippen molar-refractivity contribution in [2.24, 2.45) is 5.41 Å². The highest BCUT2D eigenvalue weighted by molar-refractivity contribution is 5.84. The second kappa shape index (κ2) is 3.76. The van der Waals surface area contributed by atoms with Crippen molar-refractivity contribution in [3.63, 3.8) is 0 Å². The van der Waals surface area contributed by atoms with Gasteiger partial charge in [-0.1, -0.05) is 20.8 Å². The molecule has 0 spiro atoms. The van der Waals surface area contributed by atoms with Crippen LogP contribution in [-0.4, -0.2) is 29.6 Å². The number of hydrogen-bond donors (Lipinski definition) is 2. The second-order valence-corrected chi connectivity index (χ2v) is 5.05. The van der Waals surface area contributed by atoms with Crippen LogP contribution in [0.3, 0.4) is 0 Å². The molecule has 0 radical (unpaired) electrons. The van der Waals surface area contributed by atoms with Crippen LogP contribution in [-0.2, 0) is 4.79 Å². The fourth-order valence-corrected chi connectivity index (χ4v) is 1.61. The van der Waals surface area contributed by atoms with E-state index >= 15 is 0 Å². The average molecular weight is 185 g/mol. The molecule has 2 atom stereocenters. The van der Waals surface area contributed by atoms with E-state index in [0.29, 0.717) is 19.4 Å². The molecule has 1 fully saturated rings. The Balaban J connectivity index is 2.41. The van der Waals surface area contributed by atoms with Gasteiger partial charge in [0.2, 0.25) is 0 Å². The summed E-state index contributed by atoms with van der Waals surface area (Å²) in [5.74, 6) is 0.226. The van der Waals surface area contributed by atoms with Crippen LogP contribution in [0.25, 0.3) is 0 Å². The van der Waals surface area contributed by atoms with Gasteiger partial charge < -0.3 is 10.4 Å². The predicted molar refractivity (Wildman–Crippen MR) is 51.5 cm³/mol. The van der Waals surface area contributed by atoms with Crippen LogP contribution >= 0.6 is 0 Å². The molecule has 0 saturated carbocycles. The molecule has 13 heavy (non-hydrogen) atoms. The molecule has 1 heterocycles. The van der Waals surface area contributed by atoms with Crippen LogP contribution < -0.4 is 5.32 Å². The van der Waals surface area contributed by atoms with Gasteiger partial charge in [-0.25, -0.2) is 0 Å². The van der Waals surface area contributed by atoms with Gasteiger partial charge in [0.1, 0.15) is 5.78 Å². The average Bonchev–Trinajstić information content (AvgIpc) is 2.31. The number of Topliss-reactive ketones (excluding diaryl/α,β-unsaturated/α-hetero) is 1. The van der Waals surface area contributed by atoms with Gasteiger partial charge in [-0.2, -0.15) is 0 Å². The van der Waals surface area contributed by atoms with Crippen LogP contribution in [0.1, 0.15) is 33.6 Å². The van der Waals surface area contributed by atoms with Gasteiger partial charge in [0, 0.05) is 13.0 Å². The molecule has 1 aliphatic rings. The van der Waals surface area contributed by atoms with Crippen molar-refractivity contribution in [3.05, 3.63) is 0 Å². The zero-order valence-corrected chi connectivity index (χ0v) is 8.63. The van der Waals surface area contributed by atoms with Gasteiger partial charge >= 0.3 is 0 Å². The maximum absolute atomic E-state index is 11.6. The van der Waals surface area contributed by atoms with Gasteiger partial charge in [0.15, 0.2) is 0 Å². The molecule has 0 unspecified atom stereocenters. The smallest absolute Gasteiger partial charge is 0.150 e. The monoisotopic (exact) mass is 185 g/mol. The number of aliphatic hydroxyl groups excluding tert-OH is 1. The Morgan fingerprint density at radius 3 is 2.54 bits per heavy atom. The predicted octanol–water partition coefficient (Wildman–Crippen LogP) is 0.714. The minimum atomic E-state index is -0.339. The largest absolute Gasteiger partial charge is 0.392 e. The fourth-order valence-electron chi connectivity index (χ4n) is 1.61. The standard InChI is InChI=1S/C10H19NO2/c1-10(2,3)5-9(13)8-4-7(12)6-11-8/h7-8,11-12H,4-6H2,1-3H3/t7-,8+/m1/s1. The van der Waals surface area contributed by atoms with Crippen molar-refractivity contribution in [1.82, 2.24) is 5.32 Å². The summed E-state index contributed by atoms with van der Waals surface area (Å²) in [6.45, 7) is 6.71. The molecule has 3 nitrogen and oxygen atoms in total. The molecule has 0 aliphatic carbocycles. The number of aliphatic hydroxyl groups is 1. The van der Waals surface area contributed by atoms with Gasteiger partial charge in [0.25, 0.3) is 0 Å². The second-order valence-electron chi connectivity index (χ2n) is 5.05. The van der Waals surface area contributed by atoms with Gasteiger partial charge in [-0.05, 0) is 11.8 Å². The zero-order valence-electron chi connectivity index (χ0n) is 8.63. The first-order chi connectivity index (χ1) is 5.88. The topological polar surface area (TPSA) is 49.3 Å². The SMILES string of the molecule is CC(C)(C)CC(=O)[C@@H]1C[C@@H](O)CN1. The minimum absolute atomic E-state index is 0.0479. The molecule has 0 aromatic heterocycles. The Hall–Kier alpha value is -0.410. The molecule has 0 amide bonds. The molecule has 0 aromatic rings. The Morgan fingerprint density at radius 1 is 1.54 bits per heavy atom. The van der Waals surface area contributed by atoms with Gasteiger partial charge in [-0.15, -0.1) is 0 Å². The number of rotatable bonds is 2. The number of hydrogen-bond acceptors (Lipinski definition) is 3. The van der Waals surface area contributed by atoms with E-state index in [1.165, 1.54) is 0 Å². The molecular formula is C10H19NO2. The highest BCUT2D eigenvalue weighted by Gasteiger charge is 2.29. The summed E-state index contributed by atoms with van der Waals surface area (Å²) in [6.07, 6.45) is 0.820. The Labute approximate surface area is 79.5 Å². The van der Waals surface area contributed by atoms with Gasteiger partial charge in [0.05, 0.1) is 12.1 Å². The maximum Gasteiger partial charge on any atom is 0.150 e. The molecule has 0 aromatic carbocycles. The van der Waals surface area contributed by atoms with Crippen LogP contribution in [0.2, 0.25) is 0 Å². The third-order valence-electron chi connectivity index (χ3n) is 2.20. The van der Waals surface area contributed by atoms with Crippen molar-refractivity contribution >= 4 is 5.78 Å². The number of β-amino-alcohol motifs (C(OH)–C–C–N with tert-alkyl or cyclic N) is 1.